The number of hydrogen-bond acceptors (Lipinski definition) is 5. The Balaban J connectivity index is 2.23. The van der Waals surface area contributed by atoms with E-state index in [-0.39, 0.29) is 27.9 Å². The molecule has 0 radical (unpaired) electrons. The zero-order valence-electron chi connectivity index (χ0n) is 14.2. The van der Waals surface area contributed by atoms with Crippen molar-refractivity contribution in [1.29, 1.82) is 5.26 Å². The quantitative estimate of drug-likeness (QED) is 0.405. The van der Waals surface area contributed by atoms with Crippen molar-refractivity contribution >= 4 is 22.5 Å². The summed E-state index contributed by atoms with van der Waals surface area (Å²) >= 11 is 0. The first-order chi connectivity index (χ1) is 13.0. The summed E-state index contributed by atoms with van der Waals surface area (Å²) in [6.07, 6.45) is 1.57. The van der Waals surface area contributed by atoms with E-state index in [0.717, 1.165) is 0 Å². The Morgan fingerprint density at radius 2 is 1.89 bits per heavy atom. The van der Waals surface area contributed by atoms with Gasteiger partial charge in [-0.25, -0.2) is 4.98 Å². The van der Waals surface area contributed by atoms with Gasteiger partial charge in [-0.3, -0.25) is 23.4 Å². The van der Waals surface area contributed by atoms with Crippen LogP contribution in [0.4, 0.5) is 0 Å². The van der Waals surface area contributed by atoms with Gasteiger partial charge in [0.05, 0.1) is 11.1 Å². The first-order valence-corrected chi connectivity index (χ1v) is 8.10. The van der Waals surface area contributed by atoms with Gasteiger partial charge >= 0.3 is 0 Å². The molecule has 0 bridgehead atoms. The van der Waals surface area contributed by atoms with Crippen molar-refractivity contribution in [2.45, 2.75) is 6.92 Å². The van der Waals surface area contributed by atoms with Crippen LogP contribution in [0.15, 0.2) is 64.3 Å². The number of aromatic nitrogens is 3. The first-order valence-electron chi connectivity index (χ1n) is 8.10. The van der Waals surface area contributed by atoms with Crippen molar-refractivity contribution in [1.82, 2.24) is 14.0 Å². The molecule has 7 heteroatoms. The van der Waals surface area contributed by atoms with Crippen LogP contribution in [0.5, 0.6) is 0 Å². The zero-order valence-corrected chi connectivity index (χ0v) is 14.2. The lowest BCUT2D eigenvalue weighted by Crippen LogP contribution is -2.26. The van der Waals surface area contributed by atoms with Crippen molar-refractivity contribution < 1.29 is 4.79 Å². The predicted octanol–water partition coefficient (Wildman–Crippen LogP) is 2.07. The number of benzene rings is 1. The van der Waals surface area contributed by atoms with Crippen LogP contribution in [0.2, 0.25) is 0 Å². The molecule has 27 heavy (non-hydrogen) atoms. The van der Waals surface area contributed by atoms with Crippen LogP contribution in [-0.4, -0.2) is 19.7 Å². The largest absolute Gasteiger partial charge is 0.295 e. The number of nitrogens with zero attached hydrogens (tertiary/aromatic N) is 4. The number of carbonyl (C=O) groups excluding carboxylic acids is 1. The second-order valence-electron chi connectivity index (χ2n) is 6.00. The third-order valence-electron chi connectivity index (χ3n) is 4.31. The molecule has 130 valence electrons. The molecule has 7 nitrogen and oxygen atoms in total. The summed E-state index contributed by atoms with van der Waals surface area (Å²) in [6, 6.07) is 14.6. The van der Waals surface area contributed by atoms with Crippen LogP contribution < -0.4 is 11.1 Å². The molecular formula is C20H12N4O3. The molecule has 0 unspecified atom stereocenters. The van der Waals surface area contributed by atoms with E-state index in [4.69, 9.17) is 0 Å². The number of hydrogen-bond donors (Lipinski definition) is 0. The maximum atomic E-state index is 12.9. The number of Topliss-reactive ketones (excluding diaryl/α,β-unsaturated/α-hetero) is 1. The van der Waals surface area contributed by atoms with Gasteiger partial charge in [0.1, 0.15) is 17.3 Å². The molecular weight excluding hydrogens is 344 g/mol. The maximum absolute atomic E-state index is 12.9. The Labute approximate surface area is 152 Å². The van der Waals surface area contributed by atoms with Gasteiger partial charge in [-0.15, -0.1) is 0 Å². The lowest BCUT2D eigenvalue weighted by molar-refractivity contribution is 0.101. The Kier molecular flexibility index (Phi) is 3.67. The lowest BCUT2D eigenvalue weighted by Gasteiger charge is -2.12. The molecule has 3 heterocycles. The number of nitriles is 1. The second-order valence-corrected chi connectivity index (χ2v) is 6.00. The van der Waals surface area contributed by atoms with E-state index in [0.29, 0.717) is 16.9 Å². The van der Waals surface area contributed by atoms with Gasteiger partial charge in [-0.1, -0.05) is 18.2 Å². The van der Waals surface area contributed by atoms with Crippen LogP contribution in [0.3, 0.4) is 0 Å². The van der Waals surface area contributed by atoms with Crippen molar-refractivity contribution in [2.75, 3.05) is 0 Å². The Morgan fingerprint density at radius 3 is 2.63 bits per heavy atom. The Bertz CT molecular complexity index is 1410. The summed E-state index contributed by atoms with van der Waals surface area (Å²) in [5.41, 5.74) is 0.118. The highest BCUT2D eigenvalue weighted by Crippen LogP contribution is 2.16. The highest BCUT2D eigenvalue weighted by atomic mass is 16.1. The second kappa shape index (κ2) is 6.04. The average Bonchev–Trinajstić information content (AvgIpc) is 2.68. The summed E-state index contributed by atoms with van der Waals surface area (Å²) in [7, 11) is 0. The van der Waals surface area contributed by atoms with Gasteiger partial charge < -0.3 is 0 Å². The minimum absolute atomic E-state index is 0.135. The average molecular weight is 356 g/mol. The fourth-order valence-corrected chi connectivity index (χ4v) is 2.99. The molecule has 4 aromatic rings. The number of pyridine rings is 2. The molecule has 0 aliphatic heterocycles. The molecule has 0 saturated heterocycles. The number of carbonyl (C=O) groups is 1. The summed E-state index contributed by atoms with van der Waals surface area (Å²) in [5, 5.41) is 9.49. The van der Waals surface area contributed by atoms with E-state index in [1.807, 2.05) is 6.07 Å². The number of ketones is 1. The summed E-state index contributed by atoms with van der Waals surface area (Å²) in [4.78, 5) is 41.9. The molecule has 0 N–H and O–H groups in total. The van der Waals surface area contributed by atoms with E-state index in [9.17, 15) is 19.6 Å². The van der Waals surface area contributed by atoms with E-state index >= 15 is 0 Å². The molecule has 0 saturated carbocycles. The molecule has 4 rings (SSSR count). The van der Waals surface area contributed by atoms with Crippen LogP contribution in [0.1, 0.15) is 22.8 Å². The summed E-state index contributed by atoms with van der Waals surface area (Å²) in [5.74, 6) is -0.163. The van der Waals surface area contributed by atoms with Crippen LogP contribution in [0, 0.1) is 11.3 Å². The fourth-order valence-electron chi connectivity index (χ4n) is 2.99. The summed E-state index contributed by atoms with van der Waals surface area (Å²) in [6.45, 7) is 1.42. The fraction of sp³-hybridized carbons (Fsp3) is 0.0500. The normalized spacial score (nSPS) is 10.8. The SMILES string of the molecule is CC(=O)c1cccc(-n2c(=O)c(C#N)cc3c(=O)n4ccccc4nc32)c1. The molecule has 1 aromatic carbocycles. The monoisotopic (exact) mass is 356 g/mol. The lowest BCUT2D eigenvalue weighted by atomic mass is 10.1. The van der Waals surface area contributed by atoms with Gasteiger partial charge in [0, 0.05) is 11.8 Å². The van der Waals surface area contributed by atoms with E-state index in [1.54, 1.807) is 48.7 Å². The highest BCUT2D eigenvalue weighted by molar-refractivity contribution is 5.94. The van der Waals surface area contributed by atoms with Gasteiger partial charge in [-0.2, -0.15) is 5.26 Å². The Hall–Kier alpha value is -4.05. The smallest absolute Gasteiger partial charge is 0.274 e. The molecule has 0 spiro atoms. The Morgan fingerprint density at radius 1 is 1.07 bits per heavy atom. The van der Waals surface area contributed by atoms with Crippen molar-refractivity contribution in [2.24, 2.45) is 0 Å². The van der Waals surface area contributed by atoms with Gasteiger partial charge in [0.25, 0.3) is 11.1 Å². The van der Waals surface area contributed by atoms with Crippen LogP contribution >= 0.6 is 0 Å². The number of fused-ring (bicyclic) bond motifs is 2. The molecule has 3 aromatic heterocycles. The van der Waals surface area contributed by atoms with Gasteiger partial charge in [0.2, 0.25) is 0 Å². The van der Waals surface area contributed by atoms with Crippen molar-refractivity contribution in [3.8, 4) is 11.8 Å². The molecule has 0 aliphatic carbocycles. The van der Waals surface area contributed by atoms with Crippen LogP contribution in [0.25, 0.3) is 22.4 Å². The maximum Gasteiger partial charge on any atom is 0.274 e. The molecule has 0 atom stereocenters. The van der Waals surface area contributed by atoms with Gasteiger partial charge in [-0.05, 0) is 37.3 Å². The predicted molar refractivity (Wildman–Crippen MR) is 99.3 cm³/mol. The van der Waals surface area contributed by atoms with E-state index in [1.165, 1.54) is 22.0 Å². The van der Waals surface area contributed by atoms with Crippen molar-refractivity contribution in [3.05, 3.63) is 86.6 Å². The minimum Gasteiger partial charge on any atom is -0.295 e. The topological polar surface area (TPSA) is 97.2 Å². The van der Waals surface area contributed by atoms with Crippen LogP contribution in [-0.2, 0) is 0 Å². The van der Waals surface area contributed by atoms with Gasteiger partial charge in [0.15, 0.2) is 11.4 Å². The third-order valence-corrected chi connectivity index (χ3v) is 4.31. The molecule has 0 amide bonds. The number of rotatable bonds is 2. The molecule has 0 fully saturated rings. The zero-order chi connectivity index (χ0) is 19.1. The highest BCUT2D eigenvalue weighted by Gasteiger charge is 2.16. The van der Waals surface area contributed by atoms with Crippen molar-refractivity contribution in [3.63, 3.8) is 0 Å². The standard InChI is InChI=1S/C20H12N4O3/c1-12(25)13-5-4-6-15(9-13)24-18-16(10-14(11-21)19(24)26)20(27)23-8-3-2-7-17(23)22-18/h2-10H,1H3. The first kappa shape index (κ1) is 16.4. The molecule has 0 aliphatic rings. The summed E-state index contributed by atoms with van der Waals surface area (Å²) < 4.78 is 2.55. The van der Waals surface area contributed by atoms with E-state index < -0.39 is 5.56 Å². The minimum atomic E-state index is -0.599. The van der Waals surface area contributed by atoms with E-state index in [2.05, 4.69) is 4.98 Å². The third kappa shape index (κ3) is 2.51.